The van der Waals surface area contributed by atoms with Gasteiger partial charge in [-0.2, -0.15) is 0 Å². The molecule has 0 unspecified atom stereocenters. The van der Waals surface area contributed by atoms with Crippen LogP contribution in [0.15, 0.2) is 76.6 Å². The maximum Gasteiger partial charge on any atom is 0.253 e. The molecule has 1 heterocycles. The molecule has 128 valence electrons. The van der Waals surface area contributed by atoms with Crippen LogP contribution in [0.4, 0.5) is 17.1 Å². The Morgan fingerprint density at radius 3 is 2.38 bits per heavy atom. The molecule has 4 rings (SSSR count). The molecule has 0 bridgehead atoms. The average molecular weight is 343 g/mol. The van der Waals surface area contributed by atoms with Crippen molar-refractivity contribution in [3.8, 4) is 0 Å². The Hall–Kier alpha value is -3.47. The molecule has 0 saturated heterocycles. The largest absolute Gasteiger partial charge is 0.380 e. The molecule has 3 aromatic carbocycles. The number of benzene rings is 2. The zero-order chi connectivity index (χ0) is 17.9. The molecule has 0 atom stereocenters. The molecule has 0 aliphatic carbocycles. The minimum absolute atomic E-state index is 0.319. The van der Waals surface area contributed by atoms with Crippen LogP contribution in [0.3, 0.4) is 0 Å². The first-order valence-electron chi connectivity index (χ1n) is 8.45. The van der Waals surface area contributed by atoms with E-state index in [2.05, 4.69) is 39.9 Å². The molecule has 5 nitrogen and oxygen atoms in total. The highest BCUT2D eigenvalue weighted by Crippen LogP contribution is 2.21. The predicted molar refractivity (Wildman–Crippen MR) is 105 cm³/mol. The van der Waals surface area contributed by atoms with Gasteiger partial charge < -0.3 is 10.6 Å². The van der Waals surface area contributed by atoms with Crippen LogP contribution in [0, 0.1) is 0 Å². The van der Waals surface area contributed by atoms with Crippen molar-refractivity contribution in [1.29, 1.82) is 0 Å². The fourth-order valence-electron chi connectivity index (χ4n) is 3.09. The maximum atomic E-state index is 11.9. The van der Waals surface area contributed by atoms with E-state index in [0.717, 1.165) is 12.1 Å². The number of aromatic nitrogens is 1. The summed E-state index contributed by atoms with van der Waals surface area (Å²) in [6, 6.07) is 17.9. The van der Waals surface area contributed by atoms with E-state index in [4.69, 9.17) is 0 Å². The quantitative estimate of drug-likeness (QED) is 0.526. The molecule has 0 aliphatic heterocycles. The van der Waals surface area contributed by atoms with Crippen LogP contribution in [-0.4, -0.2) is 11.5 Å². The van der Waals surface area contributed by atoms with Crippen LogP contribution >= 0.6 is 0 Å². The van der Waals surface area contributed by atoms with Gasteiger partial charge in [-0.15, -0.1) is 0 Å². The van der Waals surface area contributed by atoms with Gasteiger partial charge in [0, 0.05) is 24.6 Å². The third-order valence-electron chi connectivity index (χ3n) is 4.44. The van der Waals surface area contributed by atoms with Crippen LogP contribution in [-0.2, 0) is 6.42 Å². The van der Waals surface area contributed by atoms with Gasteiger partial charge in [0.15, 0.2) is 0 Å². The minimum atomic E-state index is -0.491. The van der Waals surface area contributed by atoms with Gasteiger partial charge in [0.2, 0.25) is 0 Å². The summed E-state index contributed by atoms with van der Waals surface area (Å²) in [6.45, 7) is 0.573. The average Bonchev–Trinajstić information content (AvgIpc) is 2.70. The number of fused-ring (bicyclic) bond motifs is 1. The summed E-state index contributed by atoms with van der Waals surface area (Å²) in [5.74, 6) is 0. The van der Waals surface area contributed by atoms with E-state index in [1.807, 2.05) is 18.2 Å². The normalized spacial score (nSPS) is 10.9. The first-order chi connectivity index (χ1) is 12.7. The second-order valence-corrected chi connectivity index (χ2v) is 6.08. The molecule has 26 heavy (non-hydrogen) atoms. The summed E-state index contributed by atoms with van der Waals surface area (Å²) in [4.78, 5) is 27.7. The number of nitrogens with one attached hydrogen (secondary N) is 2. The van der Waals surface area contributed by atoms with Gasteiger partial charge in [0.1, 0.15) is 11.4 Å². The zero-order valence-corrected chi connectivity index (χ0v) is 14.0. The highest BCUT2D eigenvalue weighted by molar-refractivity contribution is 5.85. The fraction of sp³-hybridized carbons (Fsp3) is 0.0952. The maximum absolute atomic E-state index is 11.9. The lowest BCUT2D eigenvalue weighted by molar-refractivity contribution is 1.02. The number of pyridine rings is 1. The van der Waals surface area contributed by atoms with E-state index in [1.54, 1.807) is 24.5 Å². The number of anilines is 3. The van der Waals surface area contributed by atoms with E-state index in [0.29, 0.717) is 17.9 Å². The number of hydrogen-bond donors (Lipinski definition) is 2. The molecule has 0 spiro atoms. The fourth-order valence-corrected chi connectivity index (χ4v) is 3.09. The Balaban J connectivity index is 1.48. The molecule has 0 fully saturated rings. The molecule has 0 aliphatic rings. The lowest BCUT2D eigenvalue weighted by Gasteiger charge is -2.15. The molecule has 0 amide bonds. The van der Waals surface area contributed by atoms with Crippen LogP contribution in [0.2, 0.25) is 0 Å². The van der Waals surface area contributed by atoms with Gasteiger partial charge in [-0.1, -0.05) is 42.5 Å². The van der Waals surface area contributed by atoms with Crippen molar-refractivity contribution < 1.29 is 0 Å². The summed E-state index contributed by atoms with van der Waals surface area (Å²) in [6.07, 6.45) is 4.01. The summed E-state index contributed by atoms with van der Waals surface area (Å²) in [5.41, 5.74) is 1.64. The molecule has 0 radical (unpaired) electrons. The van der Waals surface area contributed by atoms with Crippen molar-refractivity contribution in [3.05, 3.63) is 93.0 Å². The highest BCUT2D eigenvalue weighted by atomic mass is 16.2. The lowest BCUT2D eigenvalue weighted by Crippen LogP contribution is -2.37. The Labute approximate surface area is 150 Å². The van der Waals surface area contributed by atoms with Crippen molar-refractivity contribution in [2.75, 3.05) is 17.2 Å². The third kappa shape index (κ3) is 2.95. The van der Waals surface area contributed by atoms with Gasteiger partial charge in [0.05, 0.1) is 0 Å². The number of nitrogens with zero attached hydrogens (tertiary/aromatic N) is 1. The molecule has 1 aromatic heterocycles. The first kappa shape index (κ1) is 16.0. The Morgan fingerprint density at radius 2 is 1.54 bits per heavy atom. The third-order valence-corrected chi connectivity index (χ3v) is 4.44. The number of hydrogen-bond acceptors (Lipinski definition) is 5. The molecular weight excluding hydrogens is 326 g/mol. The Morgan fingerprint density at radius 1 is 0.808 bits per heavy atom. The van der Waals surface area contributed by atoms with E-state index < -0.39 is 10.9 Å². The van der Waals surface area contributed by atoms with E-state index in [-0.39, 0.29) is 0 Å². The van der Waals surface area contributed by atoms with Crippen molar-refractivity contribution in [3.63, 3.8) is 0 Å². The summed E-state index contributed by atoms with van der Waals surface area (Å²) in [5, 5.41) is 8.51. The van der Waals surface area contributed by atoms with Crippen molar-refractivity contribution >= 4 is 27.8 Å². The topological polar surface area (TPSA) is 71.1 Å². The second kappa shape index (κ2) is 6.80. The van der Waals surface area contributed by atoms with Crippen molar-refractivity contribution in [2.45, 2.75) is 6.42 Å². The van der Waals surface area contributed by atoms with Crippen LogP contribution in [0.1, 0.15) is 5.56 Å². The summed E-state index contributed by atoms with van der Waals surface area (Å²) in [7, 11) is 0. The van der Waals surface area contributed by atoms with Gasteiger partial charge in [-0.05, 0) is 34.9 Å². The van der Waals surface area contributed by atoms with Crippen LogP contribution in [0.25, 0.3) is 10.8 Å². The van der Waals surface area contributed by atoms with Crippen molar-refractivity contribution in [2.24, 2.45) is 0 Å². The zero-order valence-electron chi connectivity index (χ0n) is 14.0. The van der Waals surface area contributed by atoms with Gasteiger partial charge in [-0.3, -0.25) is 14.6 Å². The smallest absolute Gasteiger partial charge is 0.253 e. The predicted octanol–water partition coefficient (Wildman–Crippen LogP) is 3.23. The summed E-state index contributed by atoms with van der Waals surface area (Å²) >= 11 is 0. The van der Waals surface area contributed by atoms with Crippen molar-refractivity contribution in [1.82, 2.24) is 4.98 Å². The van der Waals surface area contributed by atoms with E-state index in [1.165, 1.54) is 16.3 Å². The lowest BCUT2D eigenvalue weighted by atomic mass is 10.0. The Kier molecular flexibility index (Phi) is 4.19. The molecule has 5 heteroatoms. The van der Waals surface area contributed by atoms with Crippen LogP contribution in [0.5, 0.6) is 0 Å². The van der Waals surface area contributed by atoms with Gasteiger partial charge in [0.25, 0.3) is 10.9 Å². The first-order valence-corrected chi connectivity index (χ1v) is 8.45. The Bertz CT molecular complexity index is 1120. The minimum Gasteiger partial charge on any atom is -0.380 e. The van der Waals surface area contributed by atoms with E-state index >= 15 is 0 Å². The van der Waals surface area contributed by atoms with Crippen LogP contribution < -0.4 is 21.5 Å². The van der Waals surface area contributed by atoms with Gasteiger partial charge >= 0.3 is 0 Å². The highest BCUT2D eigenvalue weighted by Gasteiger charge is 2.20. The number of rotatable bonds is 6. The molecule has 4 aromatic rings. The summed E-state index contributed by atoms with van der Waals surface area (Å²) < 4.78 is 0. The molecule has 2 N–H and O–H groups in total. The van der Waals surface area contributed by atoms with E-state index in [9.17, 15) is 9.59 Å². The standard InChI is InChI=1S/C21H17N3O2/c25-20-18(19(21(20)26)24-16-9-11-22-12-10-16)23-13-8-15-6-3-5-14-4-1-2-7-17(14)15/h1-7,9-12,23H,8,13H2,(H,22,24). The van der Waals surface area contributed by atoms with Gasteiger partial charge in [-0.25, -0.2) is 0 Å². The molecule has 0 saturated carbocycles. The second-order valence-electron chi connectivity index (χ2n) is 6.08. The SMILES string of the molecule is O=c1c(NCCc2cccc3ccccc23)c(Nc2ccncc2)c1=O. The molecular formula is C21H17N3O2. The monoisotopic (exact) mass is 343 g/mol.